The molecule has 0 aliphatic heterocycles. The predicted molar refractivity (Wildman–Crippen MR) is 79.5 cm³/mol. The Balaban J connectivity index is 2.21. The second kappa shape index (κ2) is 6.69. The van der Waals surface area contributed by atoms with Crippen molar-refractivity contribution in [2.45, 2.75) is 24.7 Å². The number of alkyl halides is 3. The van der Waals surface area contributed by atoms with Gasteiger partial charge in [-0.2, -0.15) is 13.2 Å². The minimum atomic E-state index is -4.51. The fourth-order valence-corrected chi connectivity index (χ4v) is 2.42. The van der Waals surface area contributed by atoms with Gasteiger partial charge in [0.1, 0.15) is 0 Å². The maximum atomic E-state index is 12.8. The molecule has 0 aromatic heterocycles. The molecule has 0 unspecified atom stereocenters. The topological polar surface area (TPSA) is 46.2 Å². The van der Waals surface area contributed by atoms with Crippen molar-refractivity contribution in [1.82, 2.24) is 0 Å². The number of nitrogens with two attached hydrogens (primary N) is 1. The van der Waals surface area contributed by atoms with Gasteiger partial charge in [-0.1, -0.05) is 41.9 Å². The second-order valence-electron chi connectivity index (χ2n) is 5.05. The van der Waals surface area contributed by atoms with E-state index in [2.05, 4.69) is 0 Å². The lowest BCUT2D eigenvalue weighted by molar-refractivity contribution is -0.137. The summed E-state index contributed by atoms with van der Waals surface area (Å²) in [4.78, 5) is 0. The molecule has 0 radical (unpaired) electrons. The summed E-state index contributed by atoms with van der Waals surface area (Å²) in [5, 5.41) is 10.1. The Kier molecular flexibility index (Phi) is 5.11. The predicted octanol–water partition coefficient (Wildman–Crippen LogP) is 3.96. The fourth-order valence-electron chi connectivity index (χ4n) is 2.17. The van der Waals surface area contributed by atoms with Crippen LogP contribution in [0, 0.1) is 0 Å². The van der Waals surface area contributed by atoms with Crippen LogP contribution in [0.25, 0.3) is 0 Å². The molecule has 0 aliphatic rings. The van der Waals surface area contributed by atoms with Crippen LogP contribution in [0.4, 0.5) is 13.2 Å². The van der Waals surface area contributed by atoms with Crippen molar-refractivity contribution in [2.24, 2.45) is 5.73 Å². The van der Waals surface area contributed by atoms with Gasteiger partial charge in [0.05, 0.1) is 17.7 Å². The summed E-state index contributed by atoms with van der Waals surface area (Å²) >= 11 is 5.73. The number of hydrogen-bond donors (Lipinski definition) is 2. The molecule has 0 fully saturated rings. The number of hydrogen-bond acceptors (Lipinski definition) is 2. The molecule has 0 amide bonds. The van der Waals surface area contributed by atoms with Crippen LogP contribution < -0.4 is 5.73 Å². The zero-order valence-electron chi connectivity index (χ0n) is 11.5. The lowest BCUT2D eigenvalue weighted by Crippen LogP contribution is -2.28. The van der Waals surface area contributed by atoms with Crippen LogP contribution in [-0.4, -0.2) is 11.2 Å². The van der Waals surface area contributed by atoms with Gasteiger partial charge in [0.25, 0.3) is 0 Å². The van der Waals surface area contributed by atoms with E-state index in [0.29, 0.717) is 0 Å². The third-order valence-electron chi connectivity index (χ3n) is 3.33. The minimum absolute atomic E-state index is 0.0628. The van der Waals surface area contributed by atoms with E-state index in [1.54, 1.807) is 0 Å². The summed E-state index contributed by atoms with van der Waals surface area (Å²) in [5.41, 5.74) is 6.02. The second-order valence-corrected chi connectivity index (χ2v) is 5.49. The molecule has 0 saturated heterocycles. The first-order valence-electron chi connectivity index (χ1n) is 6.62. The average Bonchev–Trinajstić information content (AvgIpc) is 2.46. The van der Waals surface area contributed by atoms with Crippen LogP contribution in [0.2, 0.25) is 5.02 Å². The molecule has 0 spiro atoms. The first-order chi connectivity index (χ1) is 10.3. The summed E-state index contributed by atoms with van der Waals surface area (Å²) in [6, 6.07) is 11.2. The minimum Gasteiger partial charge on any atom is -0.391 e. The van der Waals surface area contributed by atoms with Gasteiger partial charge >= 0.3 is 6.18 Å². The Morgan fingerprint density at radius 1 is 1.09 bits per heavy atom. The highest BCUT2D eigenvalue weighted by Gasteiger charge is 2.32. The Morgan fingerprint density at radius 2 is 1.73 bits per heavy atom. The van der Waals surface area contributed by atoms with Crippen molar-refractivity contribution in [3.8, 4) is 0 Å². The summed E-state index contributed by atoms with van der Waals surface area (Å²) in [7, 11) is 0. The number of aliphatic hydroxyl groups is 1. The summed E-state index contributed by atoms with van der Waals surface area (Å²) in [5.74, 6) is 0. The molecule has 0 aliphatic carbocycles. The van der Waals surface area contributed by atoms with Gasteiger partial charge in [0.15, 0.2) is 0 Å². The molecular weight excluding hydrogens is 315 g/mol. The third-order valence-corrected chi connectivity index (χ3v) is 3.55. The number of rotatable bonds is 4. The maximum absolute atomic E-state index is 12.8. The first kappa shape index (κ1) is 16.8. The molecule has 3 N–H and O–H groups in total. The van der Waals surface area contributed by atoms with Crippen LogP contribution >= 0.6 is 11.6 Å². The molecule has 2 nitrogen and oxygen atoms in total. The molecule has 2 atom stereocenters. The van der Waals surface area contributed by atoms with Crippen LogP contribution in [0.15, 0.2) is 48.5 Å². The largest absolute Gasteiger partial charge is 0.416 e. The summed E-state index contributed by atoms with van der Waals surface area (Å²) in [6.45, 7) is 0. The maximum Gasteiger partial charge on any atom is 0.416 e. The Hall–Kier alpha value is -1.56. The zero-order valence-corrected chi connectivity index (χ0v) is 12.3. The van der Waals surface area contributed by atoms with Gasteiger partial charge in [0, 0.05) is 11.4 Å². The van der Waals surface area contributed by atoms with E-state index in [-0.39, 0.29) is 17.0 Å². The van der Waals surface area contributed by atoms with Crippen molar-refractivity contribution in [3.63, 3.8) is 0 Å². The van der Waals surface area contributed by atoms with Gasteiger partial charge in [-0.3, -0.25) is 0 Å². The monoisotopic (exact) mass is 329 g/mol. The highest BCUT2D eigenvalue weighted by Crippen LogP contribution is 2.33. The average molecular weight is 330 g/mol. The standard InChI is InChI=1S/C16H15ClF3NO/c17-13-8-11(7-12(9-13)16(18,19)20)15(21)14(22)6-10-4-2-1-3-5-10/h1-5,7-9,14-15,22H,6,21H2/t14-,15+/m0/s1. The lowest BCUT2D eigenvalue weighted by atomic mass is 9.95. The van der Waals surface area contributed by atoms with E-state index in [1.807, 2.05) is 30.3 Å². The van der Waals surface area contributed by atoms with Gasteiger partial charge in [-0.15, -0.1) is 0 Å². The zero-order chi connectivity index (χ0) is 16.3. The summed E-state index contributed by atoms with van der Waals surface area (Å²) < 4.78 is 38.4. The summed E-state index contributed by atoms with van der Waals surface area (Å²) in [6.07, 6.45) is -5.28. The molecule has 0 heterocycles. The van der Waals surface area contributed by atoms with Crippen molar-refractivity contribution in [3.05, 3.63) is 70.2 Å². The highest BCUT2D eigenvalue weighted by atomic mass is 35.5. The van der Waals surface area contributed by atoms with Crippen LogP contribution in [0.5, 0.6) is 0 Å². The number of aliphatic hydroxyl groups excluding tert-OH is 1. The third kappa shape index (κ3) is 4.22. The van der Waals surface area contributed by atoms with E-state index in [9.17, 15) is 18.3 Å². The lowest BCUT2D eigenvalue weighted by Gasteiger charge is -2.21. The molecule has 2 aromatic rings. The van der Waals surface area contributed by atoms with E-state index in [1.165, 1.54) is 6.07 Å². The van der Waals surface area contributed by atoms with Crippen molar-refractivity contribution >= 4 is 11.6 Å². The van der Waals surface area contributed by atoms with Gasteiger partial charge in [0.2, 0.25) is 0 Å². The molecule has 0 bridgehead atoms. The van der Waals surface area contributed by atoms with Gasteiger partial charge in [-0.05, 0) is 29.3 Å². The number of halogens is 4. The van der Waals surface area contributed by atoms with E-state index >= 15 is 0 Å². The molecule has 6 heteroatoms. The van der Waals surface area contributed by atoms with E-state index < -0.39 is 23.9 Å². The fraction of sp³-hybridized carbons (Fsp3) is 0.250. The normalized spacial score (nSPS) is 14.6. The van der Waals surface area contributed by atoms with Crippen LogP contribution in [-0.2, 0) is 12.6 Å². The molecule has 0 saturated carbocycles. The van der Waals surface area contributed by atoms with Crippen LogP contribution in [0.1, 0.15) is 22.7 Å². The first-order valence-corrected chi connectivity index (χ1v) is 7.00. The van der Waals surface area contributed by atoms with E-state index in [0.717, 1.165) is 17.7 Å². The van der Waals surface area contributed by atoms with Crippen LogP contribution in [0.3, 0.4) is 0 Å². The Bertz CT molecular complexity index is 631. The van der Waals surface area contributed by atoms with Crippen molar-refractivity contribution < 1.29 is 18.3 Å². The molecular formula is C16H15ClF3NO. The molecule has 2 rings (SSSR count). The van der Waals surface area contributed by atoms with Gasteiger partial charge < -0.3 is 10.8 Å². The highest BCUT2D eigenvalue weighted by molar-refractivity contribution is 6.30. The molecule has 2 aromatic carbocycles. The Labute approximate surface area is 131 Å². The van der Waals surface area contributed by atoms with E-state index in [4.69, 9.17) is 17.3 Å². The smallest absolute Gasteiger partial charge is 0.391 e. The number of benzene rings is 2. The molecule has 22 heavy (non-hydrogen) atoms. The van der Waals surface area contributed by atoms with Gasteiger partial charge in [-0.25, -0.2) is 0 Å². The quantitative estimate of drug-likeness (QED) is 0.891. The van der Waals surface area contributed by atoms with Crippen molar-refractivity contribution in [2.75, 3.05) is 0 Å². The van der Waals surface area contributed by atoms with Crippen molar-refractivity contribution in [1.29, 1.82) is 0 Å². The molecule has 118 valence electrons. The Morgan fingerprint density at radius 3 is 2.32 bits per heavy atom. The SMILES string of the molecule is N[C@H](c1cc(Cl)cc(C(F)(F)F)c1)[C@@H](O)Cc1ccccc1.